The topological polar surface area (TPSA) is 30.8 Å². The fourth-order valence-corrected chi connectivity index (χ4v) is 1.97. The molecule has 0 saturated heterocycles. The highest BCUT2D eigenvalue weighted by molar-refractivity contribution is 5.95. The molecule has 0 aromatic heterocycles. The van der Waals surface area contributed by atoms with Crippen LogP contribution >= 0.6 is 0 Å². The Morgan fingerprint density at radius 1 is 0.955 bits per heavy atom. The molecule has 0 heterocycles. The first-order valence-corrected chi connectivity index (χ1v) is 7.83. The minimum absolute atomic E-state index is 0.589. The summed E-state index contributed by atoms with van der Waals surface area (Å²) in [6, 6.07) is 17.7. The van der Waals surface area contributed by atoms with Crippen LogP contribution in [0.25, 0.3) is 0 Å². The highest BCUT2D eigenvalue weighted by Gasteiger charge is 2.04. The average molecular weight is 297 g/mol. The van der Waals surface area contributed by atoms with Crippen LogP contribution in [0.3, 0.4) is 0 Å². The first-order valence-electron chi connectivity index (χ1n) is 7.83. The van der Waals surface area contributed by atoms with Gasteiger partial charge in [-0.05, 0) is 49.7 Å². The highest BCUT2D eigenvalue weighted by atomic mass is 16.5. The van der Waals surface area contributed by atoms with Crippen LogP contribution in [0.4, 0.5) is 5.69 Å². The average Bonchev–Trinajstić information content (AvgIpc) is 2.57. The van der Waals surface area contributed by atoms with Gasteiger partial charge in [0.05, 0.1) is 18.9 Å². The number of hydrogen-bond donors (Lipinski definition) is 0. The number of benzene rings is 2. The first-order chi connectivity index (χ1) is 10.8. The summed E-state index contributed by atoms with van der Waals surface area (Å²) < 4.78 is 11.3. The lowest BCUT2D eigenvalue weighted by molar-refractivity contribution is 0.309. The molecule has 2 aromatic carbocycles. The summed E-state index contributed by atoms with van der Waals surface area (Å²) >= 11 is 0. The zero-order valence-electron chi connectivity index (χ0n) is 13.3. The van der Waals surface area contributed by atoms with Crippen LogP contribution in [0.2, 0.25) is 0 Å². The maximum atomic E-state index is 5.66. The summed E-state index contributed by atoms with van der Waals surface area (Å²) in [5.41, 5.74) is 1.84. The molecule has 2 rings (SSSR count). The standard InChI is InChI=1S/C19H23NO2/c1-3-5-15-22-18-13-11-17(12-14-18)20-19(21-4-2)16-9-7-6-8-10-16/h6-14H,3-5,15H2,1-2H3. The number of rotatable bonds is 7. The third-order valence-electron chi connectivity index (χ3n) is 3.14. The molecule has 0 spiro atoms. The number of aliphatic imine (C=N–C) groups is 1. The Kier molecular flexibility index (Phi) is 6.49. The van der Waals surface area contributed by atoms with Gasteiger partial charge in [0.1, 0.15) is 5.75 Å². The molecule has 3 nitrogen and oxygen atoms in total. The van der Waals surface area contributed by atoms with Gasteiger partial charge < -0.3 is 9.47 Å². The van der Waals surface area contributed by atoms with Crippen molar-refractivity contribution in [2.24, 2.45) is 4.99 Å². The molecule has 0 N–H and O–H groups in total. The van der Waals surface area contributed by atoms with Gasteiger partial charge in [-0.25, -0.2) is 4.99 Å². The van der Waals surface area contributed by atoms with Crippen molar-refractivity contribution in [3.05, 3.63) is 60.2 Å². The van der Waals surface area contributed by atoms with Gasteiger partial charge in [0.15, 0.2) is 0 Å². The zero-order valence-corrected chi connectivity index (χ0v) is 13.3. The number of unbranched alkanes of at least 4 members (excludes halogenated alkanes) is 1. The van der Waals surface area contributed by atoms with E-state index in [1.54, 1.807) is 0 Å². The lowest BCUT2D eigenvalue weighted by atomic mass is 10.2. The monoisotopic (exact) mass is 297 g/mol. The smallest absolute Gasteiger partial charge is 0.221 e. The summed E-state index contributed by atoms with van der Waals surface area (Å²) in [5.74, 6) is 1.52. The van der Waals surface area contributed by atoms with Gasteiger partial charge in [-0.15, -0.1) is 0 Å². The van der Waals surface area contributed by atoms with Crippen LogP contribution < -0.4 is 4.74 Å². The molecule has 0 bridgehead atoms. The molecule has 116 valence electrons. The third kappa shape index (κ3) is 4.92. The van der Waals surface area contributed by atoms with Crippen LogP contribution in [0.15, 0.2) is 59.6 Å². The van der Waals surface area contributed by atoms with Crippen LogP contribution in [-0.4, -0.2) is 19.1 Å². The van der Waals surface area contributed by atoms with E-state index in [1.165, 1.54) is 0 Å². The van der Waals surface area contributed by atoms with Gasteiger partial charge in [-0.2, -0.15) is 0 Å². The highest BCUT2D eigenvalue weighted by Crippen LogP contribution is 2.20. The van der Waals surface area contributed by atoms with Gasteiger partial charge in [0.25, 0.3) is 0 Å². The van der Waals surface area contributed by atoms with Crippen molar-refractivity contribution >= 4 is 11.6 Å². The van der Waals surface area contributed by atoms with E-state index in [1.807, 2.05) is 61.5 Å². The molecule has 0 amide bonds. The molecule has 0 fully saturated rings. The summed E-state index contributed by atoms with van der Waals surface area (Å²) in [5, 5.41) is 0. The van der Waals surface area contributed by atoms with E-state index in [4.69, 9.17) is 9.47 Å². The van der Waals surface area contributed by atoms with Crippen molar-refractivity contribution in [2.45, 2.75) is 26.7 Å². The molecule has 3 heteroatoms. The van der Waals surface area contributed by atoms with Crippen molar-refractivity contribution < 1.29 is 9.47 Å². The minimum atomic E-state index is 0.589. The van der Waals surface area contributed by atoms with Crippen molar-refractivity contribution in [1.82, 2.24) is 0 Å². The predicted molar refractivity (Wildman–Crippen MR) is 91.1 cm³/mol. The summed E-state index contributed by atoms with van der Waals surface area (Å²) in [6.45, 7) is 5.46. The maximum absolute atomic E-state index is 5.66. The van der Waals surface area contributed by atoms with Crippen LogP contribution in [0.1, 0.15) is 32.3 Å². The van der Waals surface area contributed by atoms with Gasteiger partial charge in [-0.3, -0.25) is 0 Å². The molecule has 0 radical (unpaired) electrons. The molecule has 0 aliphatic heterocycles. The molecule has 2 aromatic rings. The van der Waals surface area contributed by atoms with Crippen LogP contribution in [0.5, 0.6) is 5.75 Å². The van der Waals surface area contributed by atoms with E-state index >= 15 is 0 Å². The normalized spacial score (nSPS) is 11.3. The Morgan fingerprint density at radius 3 is 2.32 bits per heavy atom. The second kappa shape index (κ2) is 8.88. The lowest BCUT2D eigenvalue weighted by Gasteiger charge is -2.08. The Labute approximate surface area is 132 Å². The first kappa shape index (κ1) is 16.1. The van der Waals surface area contributed by atoms with Crippen molar-refractivity contribution in [3.63, 3.8) is 0 Å². The molecule has 22 heavy (non-hydrogen) atoms. The molecule has 0 atom stereocenters. The van der Waals surface area contributed by atoms with E-state index in [-0.39, 0.29) is 0 Å². The van der Waals surface area contributed by atoms with E-state index in [9.17, 15) is 0 Å². The maximum Gasteiger partial charge on any atom is 0.221 e. The molecule has 0 saturated carbocycles. The third-order valence-corrected chi connectivity index (χ3v) is 3.14. The summed E-state index contributed by atoms with van der Waals surface area (Å²) in [7, 11) is 0. The zero-order chi connectivity index (χ0) is 15.6. The fourth-order valence-electron chi connectivity index (χ4n) is 1.97. The second-order valence-corrected chi connectivity index (χ2v) is 4.91. The number of nitrogens with zero attached hydrogens (tertiary/aromatic N) is 1. The second-order valence-electron chi connectivity index (χ2n) is 4.91. The molecule has 0 unspecified atom stereocenters. The summed E-state index contributed by atoms with van der Waals surface area (Å²) in [6.07, 6.45) is 2.21. The van der Waals surface area contributed by atoms with Gasteiger partial charge in [0, 0.05) is 5.56 Å². The van der Waals surface area contributed by atoms with Crippen molar-refractivity contribution in [3.8, 4) is 5.75 Å². The van der Waals surface area contributed by atoms with Crippen LogP contribution in [0, 0.1) is 0 Å². The van der Waals surface area contributed by atoms with E-state index < -0.39 is 0 Å². The Morgan fingerprint density at radius 2 is 1.68 bits per heavy atom. The van der Waals surface area contributed by atoms with E-state index in [2.05, 4.69) is 11.9 Å². The predicted octanol–water partition coefficient (Wildman–Crippen LogP) is 4.98. The van der Waals surface area contributed by atoms with Gasteiger partial charge in [-0.1, -0.05) is 31.5 Å². The number of ether oxygens (including phenoxy) is 2. The van der Waals surface area contributed by atoms with Crippen LogP contribution in [-0.2, 0) is 4.74 Å². The SMILES string of the molecule is CCCCOc1ccc(N=C(OCC)c2ccccc2)cc1. The Bertz CT molecular complexity index is 576. The van der Waals surface area contributed by atoms with Gasteiger partial charge in [0.2, 0.25) is 5.90 Å². The van der Waals surface area contributed by atoms with Crippen molar-refractivity contribution in [2.75, 3.05) is 13.2 Å². The largest absolute Gasteiger partial charge is 0.494 e. The summed E-state index contributed by atoms with van der Waals surface area (Å²) in [4.78, 5) is 4.60. The van der Waals surface area contributed by atoms with Gasteiger partial charge >= 0.3 is 0 Å². The molecular weight excluding hydrogens is 274 g/mol. The van der Waals surface area contributed by atoms with Crippen molar-refractivity contribution in [1.29, 1.82) is 0 Å². The lowest BCUT2D eigenvalue weighted by Crippen LogP contribution is -2.05. The minimum Gasteiger partial charge on any atom is -0.494 e. The quantitative estimate of drug-likeness (QED) is 0.410. The van der Waals surface area contributed by atoms with E-state index in [0.29, 0.717) is 12.5 Å². The number of hydrogen-bond acceptors (Lipinski definition) is 3. The Hall–Kier alpha value is -2.29. The molecule has 0 aliphatic rings. The fraction of sp³-hybridized carbons (Fsp3) is 0.316. The Balaban J connectivity index is 2.11. The molecular formula is C19H23NO2. The molecule has 0 aliphatic carbocycles. The van der Waals surface area contributed by atoms with E-state index in [0.717, 1.165) is 36.4 Å².